The first-order chi connectivity index (χ1) is 8.59. The van der Waals surface area contributed by atoms with Crippen LogP contribution in [0.1, 0.15) is 6.42 Å². The van der Waals surface area contributed by atoms with Crippen LogP contribution in [0.15, 0.2) is 24.3 Å². The molecular formula is C12H16ClNO3S. The molecule has 3 N–H and O–H groups in total. The SMILES string of the molecule is N[C@@H](CSCCCOc1ccc(Cl)cc1)C(=O)O. The summed E-state index contributed by atoms with van der Waals surface area (Å²) in [6.07, 6.45) is 0.847. The second kappa shape index (κ2) is 8.24. The minimum absolute atomic E-state index is 0.427. The molecule has 1 atom stereocenters. The molecule has 1 aromatic rings. The fraction of sp³-hybridized carbons (Fsp3) is 0.417. The third-order valence-corrected chi connectivity index (χ3v) is 3.55. The normalized spacial score (nSPS) is 12.1. The zero-order chi connectivity index (χ0) is 13.4. The Labute approximate surface area is 115 Å². The molecule has 0 saturated carbocycles. The molecule has 0 aromatic heterocycles. The zero-order valence-corrected chi connectivity index (χ0v) is 11.4. The van der Waals surface area contributed by atoms with Gasteiger partial charge in [-0.3, -0.25) is 4.79 Å². The Kier molecular flexibility index (Phi) is 6.93. The van der Waals surface area contributed by atoms with Crippen LogP contribution in [-0.2, 0) is 4.79 Å². The van der Waals surface area contributed by atoms with Gasteiger partial charge in [-0.05, 0) is 36.4 Å². The topological polar surface area (TPSA) is 72.5 Å². The lowest BCUT2D eigenvalue weighted by Gasteiger charge is -2.07. The van der Waals surface area contributed by atoms with Gasteiger partial charge in [-0.2, -0.15) is 11.8 Å². The highest BCUT2D eigenvalue weighted by atomic mass is 35.5. The van der Waals surface area contributed by atoms with Gasteiger partial charge in [0, 0.05) is 10.8 Å². The van der Waals surface area contributed by atoms with Gasteiger partial charge in [-0.15, -0.1) is 0 Å². The van der Waals surface area contributed by atoms with E-state index in [2.05, 4.69) is 0 Å². The largest absolute Gasteiger partial charge is 0.494 e. The van der Waals surface area contributed by atoms with Gasteiger partial charge in [0.25, 0.3) is 0 Å². The second-order valence-corrected chi connectivity index (χ2v) is 5.26. The molecule has 0 saturated heterocycles. The molecule has 0 aliphatic rings. The van der Waals surface area contributed by atoms with E-state index < -0.39 is 12.0 Å². The summed E-state index contributed by atoms with van der Waals surface area (Å²) >= 11 is 7.27. The number of aliphatic carboxylic acids is 1. The number of hydrogen-bond acceptors (Lipinski definition) is 4. The fourth-order valence-corrected chi connectivity index (χ4v) is 2.17. The number of hydrogen-bond donors (Lipinski definition) is 2. The summed E-state index contributed by atoms with van der Waals surface area (Å²) in [7, 11) is 0. The van der Waals surface area contributed by atoms with Crippen LogP contribution >= 0.6 is 23.4 Å². The molecular weight excluding hydrogens is 274 g/mol. The van der Waals surface area contributed by atoms with Crippen molar-refractivity contribution in [2.24, 2.45) is 5.73 Å². The third-order valence-electron chi connectivity index (χ3n) is 2.13. The molecule has 0 aliphatic carbocycles. The first-order valence-electron chi connectivity index (χ1n) is 5.54. The van der Waals surface area contributed by atoms with E-state index in [4.69, 9.17) is 27.2 Å². The summed E-state index contributed by atoms with van der Waals surface area (Å²) in [6.45, 7) is 0.594. The average molecular weight is 290 g/mol. The lowest BCUT2D eigenvalue weighted by Crippen LogP contribution is -2.32. The molecule has 4 nitrogen and oxygen atoms in total. The lowest BCUT2D eigenvalue weighted by molar-refractivity contribution is -0.137. The van der Waals surface area contributed by atoms with Gasteiger partial charge < -0.3 is 15.6 Å². The first-order valence-corrected chi connectivity index (χ1v) is 7.07. The van der Waals surface area contributed by atoms with Crippen LogP contribution in [0.4, 0.5) is 0 Å². The maximum atomic E-state index is 10.5. The molecule has 1 aromatic carbocycles. The number of carbonyl (C=O) groups is 1. The van der Waals surface area contributed by atoms with Crippen molar-refractivity contribution in [1.29, 1.82) is 0 Å². The van der Waals surface area contributed by atoms with Crippen LogP contribution in [0.25, 0.3) is 0 Å². The van der Waals surface area contributed by atoms with E-state index in [0.717, 1.165) is 17.9 Å². The van der Waals surface area contributed by atoms with Crippen LogP contribution in [-0.4, -0.2) is 35.2 Å². The van der Waals surface area contributed by atoms with Gasteiger partial charge in [0.05, 0.1) is 6.61 Å². The molecule has 0 heterocycles. The molecule has 1 rings (SSSR count). The zero-order valence-electron chi connectivity index (χ0n) is 9.84. The molecule has 0 bridgehead atoms. The van der Waals surface area contributed by atoms with Crippen molar-refractivity contribution >= 4 is 29.3 Å². The van der Waals surface area contributed by atoms with Crippen molar-refractivity contribution in [3.05, 3.63) is 29.3 Å². The summed E-state index contributed by atoms with van der Waals surface area (Å²) in [6, 6.07) is 6.40. The standard InChI is InChI=1S/C12H16ClNO3S/c13-9-2-4-10(5-3-9)17-6-1-7-18-8-11(14)12(15)16/h2-5,11H,1,6-8,14H2,(H,15,16)/t11-/m0/s1. The molecule has 6 heteroatoms. The predicted octanol–water partition coefficient (Wildman–Crippen LogP) is 2.25. The number of nitrogens with two attached hydrogens (primary N) is 1. The van der Waals surface area contributed by atoms with Gasteiger partial charge >= 0.3 is 5.97 Å². The predicted molar refractivity (Wildman–Crippen MR) is 74.5 cm³/mol. The van der Waals surface area contributed by atoms with Crippen molar-refractivity contribution in [2.45, 2.75) is 12.5 Å². The van der Waals surface area contributed by atoms with Gasteiger partial charge in [0.1, 0.15) is 11.8 Å². The molecule has 0 amide bonds. The summed E-state index contributed by atoms with van der Waals surface area (Å²) in [5, 5.41) is 9.26. The van der Waals surface area contributed by atoms with E-state index in [0.29, 0.717) is 17.4 Å². The number of halogens is 1. The Hall–Kier alpha value is -0.910. The number of carboxylic acid groups (broad SMARTS) is 1. The molecule has 0 aliphatic heterocycles. The van der Waals surface area contributed by atoms with Crippen LogP contribution in [0.5, 0.6) is 5.75 Å². The highest BCUT2D eigenvalue weighted by Crippen LogP contribution is 2.15. The number of rotatable bonds is 8. The molecule has 18 heavy (non-hydrogen) atoms. The van der Waals surface area contributed by atoms with Crippen molar-refractivity contribution in [3.8, 4) is 5.75 Å². The fourth-order valence-electron chi connectivity index (χ4n) is 1.16. The highest BCUT2D eigenvalue weighted by Gasteiger charge is 2.10. The van der Waals surface area contributed by atoms with Crippen molar-refractivity contribution in [2.75, 3.05) is 18.1 Å². The molecule has 0 unspecified atom stereocenters. The van der Waals surface area contributed by atoms with E-state index >= 15 is 0 Å². The van der Waals surface area contributed by atoms with E-state index in [1.54, 1.807) is 12.1 Å². The van der Waals surface area contributed by atoms with Crippen LogP contribution in [0, 0.1) is 0 Å². The Morgan fingerprint density at radius 2 is 2.11 bits per heavy atom. The Bertz CT molecular complexity index is 372. The second-order valence-electron chi connectivity index (χ2n) is 3.68. The molecule has 100 valence electrons. The van der Waals surface area contributed by atoms with E-state index in [1.807, 2.05) is 12.1 Å². The summed E-state index contributed by atoms with van der Waals surface area (Å²) in [5.41, 5.74) is 5.37. The van der Waals surface area contributed by atoms with E-state index in [1.165, 1.54) is 11.8 Å². The minimum Gasteiger partial charge on any atom is -0.494 e. The number of thioether (sulfide) groups is 1. The summed E-state index contributed by atoms with van der Waals surface area (Å²) < 4.78 is 5.50. The maximum absolute atomic E-state index is 10.5. The number of ether oxygens (including phenoxy) is 1. The lowest BCUT2D eigenvalue weighted by atomic mass is 10.3. The Morgan fingerprint density at radius 3 is 2.72 bits per heavy atom. The Balaban J connectivity index is 2.05. The van der Waals surface area contributed by atoms with Crippen molar-refractivity contribution in [1.82, 2.24) is 0 Å². The highest BCUT2D eigenvalue weighted by molar-refractivity contribution is 7.99. The summed E-state index contributed by atoms with van der Waals surface area (Å²) in [4.78, 5) is 10.5. The van der Waals surface area contributed by atoms with Gasteiger partial charge in [0.2, 0.25) is 0 Å². The molecule has 0 spiro atoms. The minimum atomic E-state index is -0.958. The quantitative estimate of drug-likeness (QED) is 0.718. The first kappa shape index (κ1) is 15.1. The smallest absolute Gasteiger partial charge is 0.321 e. The summed E-state index contributed by atoms with van der Waals surface area (Å²) in [5.74, 6) is 1.08. The Morgan fingerprint density at radius 1 is 1.44 bits per heavy atom. The van der Waals surface area contributed by atoms with E-state index in [9.17, 15) is 4.79 Å². The van der Waals surface area contributed by atoms with Crippen LogP contribution in [0.3, 0.4) is 0 Å². The van der Waals surface area contributed by atoms with Gasteiger partial charge in [-0.1, -0.05) is 11.6 Å². The number of carboxylic acids is 1. The monoisotopic (exact) mass is 289 g/mol. The van der Waals surface area contributed by atoms with Gasteiger partial charge in [0.15, 0.2) is 0 Å². The maximum Gasteiger partial charge on any atom is 0.321 e. The van der Waals surface area contributed by atoms with Crippen molar-refractivity contribution in [3.63, 3.8) is 0 Å². The average Bonchev–Trinajstić information content (AvgIpc) is 2.35. The molecule has 0 fully saturated rings. The van der Waals surface area contributed by atoms with Crippen LogP contribution < -0.4 is 10.5 Å². The number of benzene rings is 1. The van der Waals surface area contributed by atoms with Gasteiger partial charge in [-0.25, -0.2) is 0 Å². The molecule has 0 radical (unpaired) electrons. The van der Waals surface area contributed by atoms with Crippen LogP contribution in [0.2, 0.25) is 5.02 Å². The third kappa shape index (κ3) is 6.14. The van der Waals surface area contributed by atoms with E-state index in [-0.39, 0.29) is 0 Å². The van der Waals surface area contributed by atoms with Crippen molar-refractivity contribution < 1.29 is 14.6 Å².